The Kier molecular flexibility index (Phi) is 3.76. The van der Waals surface area contributed by atoms with Crippen molar-refractivity contribution < 1.29 is 4.74 Å². The molecule has 1 aliphatic heterocycles. The molecule has 3 aromatic rings. The zero-order chi connectivity index (χ0) is 17.4. The smallest absolute Gasteiger partial charge is 0.256 e. The summed E-state index contributed by atoms with van der Waals surface area (Å²) in [5, 5.41) is 7.14. The molecule has 128 valence electrons. The Balaban J connectivity index is 1.65. The Morgan fingerprint density at radius 1 is 1.32 bits per heavy atom. The number of aryl methyl sites for hydroxylation is 1. The highest BCUT2D eigenvalue weighted by atomic mass is 16.5. The molecule has 0 atom stereocenters. The van der Waals surface area contributed by atoms with Gasteiger partial charge in [-0.25, -0.2) is 4.98 Å². The molecule has 0 amide bonds. The van der Waals surface area contributed by atoms with Crippen molar-refractivity contribution in [2.45, 2.75) is 26.5 Å². The summed E-state index contributed by atoms with van der Waals surface area (Å²) in [4.78, 5) is 22.0. The lowest BCUT2D eigenvalue weighted by atomic mass is 10.1. The summed E-state index contributed by atoms with van der Waals surface area (Å²) >= 11 is 0. The van der Waals surface area contributed by atoms with Crippen molar-refractivity contribution >= 4 is 5.95 Å². The van der Waals surface area contributed by atoms with Gasteiger partial charge in [-0.05, 0) is 24.6 Å². The van der Waals surface area contributed by atoms with Crippen LogP contribution in [-0.4, -0.2) is 27.2 Å². The van der Waals surface area contributed by atoms with Gasteiger partial charge in [-0.1, -0.05) is 18.2 Å². The number of aromatic nitrogens is 4. The third-order valence-corrected chi connectivity index (χ3v) is 4.31. The number of hydrogen-bond donors (Lipinski definition) is 2. The van der Waals surface area contributed by atoms with Crippen LogP contribution in [0.1, 0.15) is 28.2 Å². The van der Waals surface area contributed by atoms with Gasteiger partial charge in [0.2, 0.25) is 5.95 Å². The van der Waals surface area contributed by atoms with E-state index >= 15 is 0 Å². The molecule has 0 aliphatic carbocycles. The van der Waals surface area contributed by atoms with Crippen molar-refractivity contribution in [2.75, 3.05) is 11.9 Å². The van der Waals surface area contributed by atoms with E-state index in [0.29, 0.717) is 36.8 Å². The van der Waals surface area contributed by atoms with E-state index in [9.17, 15) is 4.79 Å². The molecule has 0 saturated carbocycles. The molecular weight excluding hydrogens is 318 g/mol. The Bertz CT molecular complexity index is 976. The van der Waals surface area contributed by atoms with Gasteiger partial charge in [0.15, 0.2) is 0 Å². The molecule has 3 heterocycles. The number of para-hydroxylation sites is 1. The minimum atomic E-state index is -0.120. The first-order valence-electron chi connectivity index (χ1n) is 8.15. The second-order valence-electron chi connectivity index (χ2n) is 6.29. The van der Waals surface area contributed by atoms with Gasteiger partial charge in [0, 0.05) is 24.7 Å². The lowest BCUT2D eigenvalue weighted by Gasteiger charge is -2.17. The summed E-state index contributed by atoms with van der Waals surface area (Å²) < 4.78 is 5.84. The van der Waals surface area contributed by atoms with E-state index in [1.165, 1.54) is 0 Å². The second-order valence-corrected chi connectivity index (χ2v) is 6.29. The van der Waals surface area contributed by atoms with Gasteiger partial charge in [-0.3, -0.25) is 14.9 Å². The number of nitrogens with one attached hydrogen (secondary N) is 2. The average molecular weight is 337 g/mol. The van der Waals surface area contributed by atoms with E-state index < -0.39 is 0 Å². The number of H-pyrrole nitrogens is 2. The zero-order valence-electron chi connectivity index (χ0n) is 14.2. The van der Waals surface area contributed by atoms with E-state index in [2.05, 4.69) is 20.2 Å². The predicted molar refractivity (Wildman–Crippen MR) is 93.9 cm³/mol. The second kappa shape index (κ2) is 6.08. The number of ether oxygens (including phenoxy) is 1. The molecule has 0 unspecified atom stereocenters. The molecule has 0 bridgehead atoms. The molecule has 7 heteroatoms. The summed E-state index contributed by atoms with van der Waals surface area (Å²) in [6.45, 7) is 2.79. The first kappa shape index (κ1) is 15.4. The Morgan fingerprint density at radius 2 is 2.16 bits per heavy atom. The van der Waals surface area contributed by atoms with Gasteiger partial charge in [0.05, 0.1) is 17.9 Å². The fourth-order valence-corrected chi connectivity index (χ4v) is 3.01. The van der Waals surface area contributed by atoms with Crippen molar-refractivity contribution in [2.24, 2.45) is 0 Å². The average Bonchev–Trinajstić information content (AvgIpc) is 2.90. The molecule has 25 heavy (non-hydrogen) atoms. The predicted octanol–water partition coefficient (Wildman–Crippen LogP) is 1.92. The maximum Gasteiger partial charge on any atom is 0.256 e. The summed E-state index contributed by atoms with van der Waals surface area (Å²) in [5.74, 6) is 1.32. The van der Waals surface area contributed by atoms with Gasteiger partial charge in [-0.2, -0.15) is 5.10 Å². The van der Waals surface area contributed by atoms with Crippen LogP contribution < -0.4 is 15.2 Å². The number of rotatable bonds is 3. The Morgan fingerprint density at radius 3 is 2.96 bits per heavy atom. The number of hydrogen-bond acceptors (Lipinski definition) is 5. The fourth-order valence-electron chi connectivity index (χ4n) is 3.01. The quantitative estimate of drug-likeness (QED) is 0.762. The minimum Gasteiger partial charge on any atom is -0.487 e. The van der Waals surface area contributed by atoms with E-state index in [4.69, 9.17) is 4.74 Å². The number of anilines is 1. The highest BCUT2D eigenvalue weighted by Crippen LogP contribution is 2.26. The molecule has 2 N–H and O–H groups in total. The number of benzene rings is 1. The van der Waals surface area contributed by atoms with Gasteiger partial charge in [-0.15, -0.1) is 0 Å². The largest absolute Gasteiger partial charge is 0.487 e. The molecule has 1 aliphatic rings. The molecule has 0 radical (unpaired) electrons. The van der Waals surface area contributed by atoms with Gasteiger partial charge < -0.3 is 9.64 Å². The van der Waals surface area contributed by atoms with Crippen LogP contribution in [-0.2, 0) is 19.6 Å². The first-order valence-corrected chi connectivity index (χ1v) is 8.15. The normalized spacial score (nSPS) is 12.7. The third kappa shape index (κ3) is 3.00. The molecule has 0 saturated heterocycles. The van der Waals surface area contributed by atoms with Crippen LogP contribution in [0.2, 0.25) is 0 Å². The van der Waals surface area contributed by atoms with Crippen molar-refractivity contribution in [1.82, 2.24) is 20.2 Å². The van der Waals surface area contributed by atoms with Crippen LogP contribution in [0.25, 0.3) is 0 Å². The number of aromatic amines is 2. The summed E-state index contributed by atoms with van der Waals surface area (Å²) in [5.41, 5.74) is 4.11. The van der Waals surface area contributed by atoms with Crippen LogP contribution in [0.4, 0.5) is 5.95 Å². The zero-order valence-corrected chi connectivity index (χ0v) is 14.2. The molecule has 4 rings (SSSR count). The molecule has 7 nitrogen and oxygen atoms in total. The van der Waals surface area contributed by atoms with Crippen molar-refractivity contribution in [3.8, 4) is 5.75 Å². The molecule has 0 spiro atoms. The Labute approximate surface area is 144 Å². The van der Waals surface area contributed by atoms with Crippen LogP contribution in [0.5, 0.6) is 5.75 Å². The third-order valence-electron chi connectivity index (χ3n) is 4.31. The van der Waals surface area contributed by atoms with Crippen molar-refractivity contribution in [1.29, 1.82) is 0 Å². The van der Waals surface area contributed by atoms with Gasteiger partial charge in [0.25, 0.3) is 5.56 Å². The summed E-state index contributed by atoms with van der Waals surface area (Å²) in [7, 11) is 1.88. The maximum atomic E-state index is 12.6. The number of fused-ring (bicyclic) bond motifs is 2. The molecule has 0 fully saturated rings. The van der Waals surface area contributed by atoms with Crippen molar-refractivity contribution in [3.05, 3.63) is 68.9 Å². The van der Waals surface area contributed by atoms with E-state index in [0.717, 1.165) is 22.7 Å². The van der Waals surface area contributed by atoms with E-state index in [-0.39, 0.29) is 5.56 Å². The molecule has 1 aromatic carbocycles. The topological polar surface area (TPSA) is 86.9 Å². The van der Waals surface area contributed by atoms with Crippen LogP contribution >= 0.6 is 0 Å². The minimum absolute atomic E-state index is 0.120. The van der Waals surface area contributed by atoms with Crippen LogP contribution in [0.3, 0.4) is 0 Å². The SMILES string of the molecule is Cc1cc(CN(C)c2nc3c(c(=O)[nH]2)Cc2ccccc2OC3)n[nH]1. The van der Waals surface area contributed by atoms with Crippen molar-refractivity contribution in [3.63, 3.8) is 0 Å². The van der Waals surface area contributed by atoms with E-state index in [1.807, 2.05) is 49.2 Å². The Hall–Kier alpha value is -3.09. The first-order chi connectivity index (χ1) is 12.1. The standard InChI is InChI=1S/C18H19N5O2/c1-11-7-13(22-21-11)9-23(2)18-19-15-10-25-16-6-4-3-5-12(16)8-14(15)17(24)20-18/h3-7H,8-10H2,1-2H3,(H,21,22)(H,19,20,24). The van der Waals surface area contributed by atoms with Gasteiger partial charge in [0.1, 0.15) is 12.4 Å². The summed E-state index contributed by atoms with van der Waals surface area (Å²) in [6.07, 6.45) is 0.524. The highest BCUT2D eigenvalue weighted by Gasteiger charge is 2.20. The van der Waals surface area contributed by atoms with Gasteiger partial charge >= 0.3 is 0 Å². The van der Waals surface area contributed by atoms with Crippen LogP contribution in [0, 0.1) is 6.92 Å². The fraction of sp³-hybridized carbons (Fsp3) is 0.278. The monoisotopic (exact) mass is 337 g/mol. The number of nitrogens with zero attached hydrogens (tertiary/aromatic N) is 3. The lowest BCUT2D eigenvalue weighted by molar-refractivity contribution is 0.302. The lowest BCUT2D eigenvalue weighted by Crippen LogP contribution is -2.26. The van der Waals surface area contributed by atoms with E-state index in [1.54, 1.807) is 0 Å². The molecular formula is C18H19N5O2. The molecule has 2 aromatic heterocycles. The maximum absolute atomic E-state index is 12.6. The summed E-state index contributed by atoms with van der Waals surface area (Å²) in [6, 6.07) is 9.74. The van der Waals surface area contributed by atoms with Crippen LogP contribution in [0.15, 0.2) is 35.1 Å². The highest BCUT2D eigenvalue weighted by molar-refractivity contribution is 5.42.